The normalized spacial score (nSPS) is 18.4. The largest absolute Gasteiger partial charge is 0.331 e. The quantitative estimate of drug-likeness (QED) is 0.248. The molecule has 0 unspecified atom stereocenters. The van der Waals surface area contributed by atoms with E-state index in [9.17, 15) is 8.42 Å². The van der Waals surface area contributed by atoms with Gasteiger partial charge in [-0.1, -0.05) is 58.1 Å². The molecule has 0 aliphatic carbocycles. The zero-order chi connectivity index (χ0) is 28.8. The number of nitrogens with one attached hydrogen (secondary N) is 2. The lowest BCUT2D eigenvalue weighted by Gasteiger charge is -2.50. The minimum absolute atomic E-state index is 0.0707. The van der Waals surface area contributed by atoms with Gasteiger partial charge in [0, 0.05) is 47.7 Å². The van der Waals surface area contributed by atoms with Crippen LogP contribution in [0.2, 0.25) is 5.02 Å². The second-order valence-corrected chi connectivity index (χ2v) is 18.0. The molecule has 2 N–H and O–H groups in total. The summed E-state index contributed by atoms with van der Waals surface area (Å²) in [6.45, 7) is 11.2. The van der Waals surface area contributed by atoms with Crippen molar-refractivity contribution in [3.05, 3.63) is 53.6 Å². The number of anilines is 2. The molecule has 0 atom stereocenters. The number of hydrogen-bond donors (Lipinski definition) is 2. The summed E-state index contributed by atoms with van der Waals surface area (Å²) in [5.41, 5.74) is 1.18. The smallest absolute Gasteiger partial charge is 0.261 e. The molecule has 0 radical (unpaired) electrons. The molecule has 0 bridgehead atoms. The predicted octanol–water partition coefficient (Wildman–Crippen LogP) is 8.42. The Morgan fingerprint density at radius 3 is 1.70 bits per heavy atom. The van der Waals surface area contributed by atoms with E-state index in [-0.39, 0.29) is 10.1 Å². The highest BCUT2D eigenvalue weighted by Crippen LogP contribution is 2.66. The van der Waals surface area contributed by atoms with Crippen LogP contribution in [0, 0.1) is 0 Å². The van der Waals surface area contributed by atoms with Gasteiger partial charge in [0.15, 0.2) is 5.11 Å². The molecule has 40 heavy (non-hydrogen) atoms. The van der Waals surface area contributed by atoms with Gasteiger partial charge in [-0.25, -0.2) is 13.2 Å². The first kappa shape index (κ1) is 31.5. The molecule has 2 heterocycles. The van der Waals surface area contributed by atoms with Crippen molar-refractivity contribution in [2.24, 2.45) is 4.74 Å². The van der Waals surface area contributed by atoms with Crippen LogP contribution >= 0.6 is 31.2 Å². The van der Waals surface area contributed by atoms with Gasteiger partial charge in [-0.15, -0.1) is 0 Å². The SMILES string of the molecule is CC(C)(C)P(=NC(=S)Nc1ccc(S(=O)(=O)Nc2ccc(Cl)cc2)cc1)(N1CCCCCC1)N1CCCCCC1. The Bertz CT molecular complexity index is 1270. The lowest BCUT2D eigenvalue weighted by molar-refractivity contribution is 0.368. The molecule has 0 saturated carbocycles. The second kappa shape index (κ2) is 13.7. The van der Waals surface area contributed by atoms with Crippen molar-refractivity contribution in [3.8, 4) is 0 Å². The molecule has 11 heteroatoms. The Morgan fingerprint density at radius 2 is 1.25 bits per heavy atom. The van der Waals surface area contributed by atoms with Crippen molar-refractivity contribution in [2.45, 2.75) is 82.2 Å². The van der Waals surface area contributed by atoms with Crippen molar-refractivity contribution in [3.63, 3.8) is 0 Å². The van der Waals surface area contributed by atoms with Crippen molar-refractivity contribution in [2.75, 3.05) is 36.2 Å². The molecular formula is C29H43ClN5O2PS2. The first-order valence-corrected chi connectivity index (χ1v) is 18.3. The van der Waals surface area contributed by atoms with Crippen LogP contribution < -0.4 is 10.0 Å². The van der Waals surface area contributed by atoms with Crippen molar-refractivity contribution in [1.82, 2.24) is 9.34 Å². The maximum Gasteiger partial charge on any atom is 0.261 e. The third-order valence-corrected chi connectivity index (χ3v) is 14.2. The molecule has 2 aromatic carbocycles. The molecule has 0 aromatic heterocycles. The van der Waals surface area contributed by atoms with Gasteiger partial charge in [0.2, 0.25) is 0 Å². The molecule has 2 aliphatic heterocycles. The Morgan fingerprint density at radius 1 is 0.800 bits per heavy atom. The van der Waals surface area contributed by atoms with Crippen LogP contribution in [0.25, 0.3) is 0 Å². The molecule has 2 fully saturated rings. The monoisotopic (exact) mass is 623 g/mol. The number of nitrogens with zero attached hydrogens (tertiary/aromatic N) is 3. The van der Waals surface area contributed by atoms with Crippen LogP contribution in [-0.4, -0.2) is 54.2 Å². The lowest BCUT2D eigenvalue weighted by atomic mass is 10.2. The third-order valence-electron chi connectivity index (χ3n) is 7.60. The molecule has 0 amide bonds. The third kappa shape index (κ3) is 7.67. The van der Waals surface area contributed by atoms with Gasteiger partial charge in [-0.05, 0) is 86.4 Å². The van der Waals surface area contributed by atoms with E-state index in [1.165, 1.54) is 51.4 Å². The molecular weight excluding hydrogens is 581 g/mol. The van der Waals surface area contributed by atoms with E-state index in [0.717, 1.165) is 31.9 Å². The molecule has 4 rings (SSSR count). The highest BCUT2D eigenvalue weighted by Gasteiger charge is 2.44. The summed E-state index contributed by atoms with van der Waals surface area (Å²) in [5, 5.41) is 4.26. The van der Waals surface area contributed by atoms with Crippen molar-refractivity contribution < 1.29 is 8.42 Å². The number of benzene rings is 2. The minimum Gasteiger partial charge on any atom is -0.331 e. The highest BCUT2D eigenvalue weighted by molar-refractivity contribution is 7.92. The highest BCUT2D eigenvalue weighted by atomic mass is 35.5. The molecule has 7 nitrogen and oxygen atoms in total. The van der Waals surface area contributed by atoms with Gasteiger partial charge >= 0.3 is 0 Å². The number of sulfonamides is 1. The first-order chi connectivity index (χ1) is 19.0. The van der Waals surface area contributed by atoms with Crippen LogP contribution in [0.5, 0.6) is 0 Å². The summed E-state index contributed by atoms with van der Waals surface area (Å²) >= 11 is 11.8. The van der Waals surface area contributed by atoms with Gasteiger partial charge in [-0.2, -0.15) is 0 Å². The van der Waals surface area contributed by atoms with Gasteiger partial charge < -0.3 is 5.32 Å². The lowest BCUT2D eigenvalue weighted by Crippen LogP contribution is -2.42. The van der Waals surface area contributed by atoms with E-state index in [0.29, 0.717) is 15.8 Å². The fraction of sp³-hybridized carbons (Fsp3) is 0.552. The van der Waals surface area contributed by atoms with Crippen LogP contribution in [0.15, 0.2) is 58.2 Å². The summed E-state index contributed by atoms with van der Waals surface area (Å²) in [6.07, 6.45) is 9.86. The Labute approximate surface area is 251 Å². The van der Waals surface area contributed by atoms with E-state index in [2.05, 4.69) is 40.2 Å². The van der Waals surface area contributed by atoms with Crippen LogP contribution in [0.3, 0.4) is 0 Å². The number of rotatable bonds is 6. The van der Waals surface area contributed by atoms with Gasteiger partial charge in [0.25, 0.3) is 10.0 Å². The minimum atomic E-state index is -3.74. The fourth-order valence-electron chi connectivity index (χ4n) is 5.69. The zero-order valence-electron chi connectivity index (χ0n) is 23.9. The van der Waals surface area contributed by atoms with Gasteiger partial charge in [0.1, 0.15) is 7.36 Å². The summed E-state index contributed by atoms with van der Waals surface area (Å²) in [4.78, 5) is 0.168. The van der Waals surface area contributed by atoms with Gasteiger partial charge in [-0.3, -0.25) is 14.1 Å². The Kier molecular flexibility index (Phi) is 10.7. The van der Waals surface area contributed by atoms with E-state index < -0.39 is 17.4 Å². The Hall–Kier alpha value is -1.48. The summed E-state index contributed by atoms with van der Waals surface area (Å²) in [7, 11) is -5.93. The average molecular weight is 624 g/mol. The van der Waals surface area contributed by atoms with Crippen LogP contribution in [0.4, 0.5) is 11.4 Å². The number of halogens is 1. The summed E-state index contributed by atoms with van der Waals surface area (Å²) in [5.74, 6) is 0. The molecule has 2 saturated heterocycles. The fourth-order valence-corrected chi connectivity index (χ4v) is 11.9. The second-order valence-electron chi connectivity index (χ2n) is 11.6. The topological polar surface area (TPSA) is 77.0 Å². The molecule has 2 aromatic rings. The van der Waals surface area contributed by atoms with E-state index in [1.54, 1.807) is 48.5 Å². The molecule has 220 valence electrons. The van der Waals surface area contributed by atoms with Crippen LogP contribution in [-0.2, 0) is 10.0 Å². The predicted molar refractivity (Wildman–Crippen MR) is 174 cm³/mol. The van der Waals surface area contributed by atoms with Gasteiger partial charge in [0.05, 0.1) is 4.90 Å². The van der Waals surface area contributed by atoms with E-state index in [4.69, 9.17) is 28.6 Å². The summed E-state index contributed by atoms with van der Waals surface area (Å²) in [6, 6.07) is 13.2. The zero-order valence-corrected chi connectivity index (χ0v) is 27.2. The van der Waals surface area contributed by atoms with Crippen LogP contribution in [0.1, 0.15) is 72.1 Å². The van der Waals surface area contributed by atoms with E-state index in [1.807, 2.05) is 0 Å². The average Bonchev–Trinajstić information content (AvgIpc) is 3.34. The first-order valence-electron chi connectivity index (χ1n) is 14.3. The number of hydrogen-bond acceptors (Lipinski definition) is 3. The summed E-state index contributed by atoms with van der Waals surface area (Å²) < 4.78 is 39.3. The molecule has 0 spiro atoms. The maximum absolute atomic E-state index is 12.9. The van der Waals surface area contributed by atoms with E-state index >= 15 is 0 Å². The molecule has 2 aliphatic rings. The standard InChI is InChI=1S/C29H43ClN5O2PS2/c1-29(2,3)38(34-20-8-4-5-9-21-34,35-22-10-6-7-11-23-35)32-28(39)31-25-16-18-27(19-17-25)40(36,37)33-26-14-12-24(30)13-15-26/h12-19,33H,4-11,20-23H2,1-3H3,(H,31,39). The number of thiocarbonyl (C=S) groups is 1. The Balaban J connectivity index is 1.61. The maximum atomic E-state index is 12.9. The van der Waals surface area contributed by atoms with Crippen molar-refractivity contribution >= 4 is 57.7 Å². The van der Waals surface area contributed by atoms with Crippen molar-refractivity contribution in [1.29, 1.82) is 0 Å².